The van der Waals surface area contributed by atoms with Crippen LogP contribution in [0.2, 0.25) is 5.02 Å². The highest BCUT2D eigenvalue weighted by Gasteiger charge is 2.31. The first kappa shape index (κ1) is 20.4. The molecule has 1 aliphatic rings. The van der Waals surface area contributed by atoms with E-state index in [0.717, 1.165) is 25.9 Å². The van der Waals surface area contributed by atoms with Crippen LogP contribution in [0.1, 0.15) is 26.7 Å². The zero-order chi connectivity index (χ0) is 19.3. The number of rotatable bonds is 5. The molecule has 2 rings (SSSR count). The Balaban J connectivity index is 1.79. The second-order valence-corrected chi connectivity index (χ2v) is 7.82. The molecule has 1 aliphatic heterocycles. The number of hydrogen-bond donors (Lipinski definition) is 1. The summed E-state index contributed by atoms with van der Waals surface area (Å²) in [6.07, 6.45) is 1.77. The minimum atomic E-state index is -0.977. The van der Waals surface area contributed by atoms with Gasteiger partial charge in [0.25, 0.3) is 5.91 Å². The number of amides is 3. The fourth-order valence-corrected chi connectivity index (χ4v) is 3.03. The third kappa shape index (κ3) is 5.53. The van der Waals surface area contributed by atoms with Gasteiger partial charge in [-0.2, -0.15) is 0 Å². The molecule has 26 heavy (non-hydrogen) atoms. The number of benzene rings is 1. The van der Waals surface area contributed by atoms with Crippen molar-refractivity contribution in [2.24, 2.45) is 5.92 Å². The molecule has 0 radical (unpaired) electrons. The molecule has 0 bridgehead atoms. The van der Waals surface area contributed by atoms with Crippen LogP contribution < -0.4 is 10.1 Å². The first-order chi connectivity index (χ1) is 12.2. The van der Waals surface area contributed by atoms with Crippen LogP contribution >= 0.6 is 11.6 Å². The number of halogens is 1. The van der Waals surface area contributed by atoms with Crippen molar-refractivity contribution < 1.29 is 14.3 Å². The summed E-state index contributed by atoms with van der Waals surface area (Å²) in [5.41, 5.74) is -0.977. The lowest BCUT2D eigenvalue weighted by Gasteiger charge is -2.34. The Hall–Kier alpha value is -1.95. The van der Waals surface area contributed by atoms with Crippen molar-refractivity contribution in [1.29, 1.82) is 0 Å². The van der Waals surface area contributed by atoms with E-state index in [1.165, 1.54) is 0 Å². The molecule has 0 atom stereocenters. The molecule has 1 fully saturated rings. The minimum Gasteiger partial charge on any atom is -0.478 e. The van der Waals surface area contributed by atoms with Gasteiger partial charge in [0.1, 0.15) is 5.75 Å². The number of carbonyl (C=O) groups excluding carboxylic acids is 2. The second-order valence-electron chi connectivity index (χ2n) is 7.38. The Bertz CT molecular complexity index is 623. The van der Waals surface area contributed by atoms with Crippen molar-refractivity contribution in [3.63, 3.8) is 0 Å². The number of hydrogen-bond acceptors (Lipinski definition) is 3. The van der Waals surface area contributed by atoms with Crippen LogP contribution in [0.3, 0.4) is 0 Å². The molecular weight excluding hydrogens is 354 g/mol. The highest BCUT2D eigenvalue weighted by Crippen LogP contribution is 2.22. The van der Waals surface area contributed by atoms with Gasteiger partial charge < -0.3 is 19.9 Å². The van der Waals surface area contributed by atoms with E-state index in [1.54, 1.807) is 57.1 Å². The average molecular weight is 382 g/mol. The normalized spacial score (nSPS) is 15.5. The molecule has 0 aromatic heterocycles. The van der Waals surface area contributed by atoms with Crippen molar-refractivity contribution in [2.75, 3.05) is 33.7 Å². The van der Waals surface area contributed by atoms with E-state index < -0.39 is 5.60 Å². The lowest BCUT2D eigenvalue weighted by Crippen LogP contribution is -2.49. The van der Waals surface area contributed by atoms with Gasteiger partial charge in [-0.15, -0.1) is 0 Å². The first-order valence-electron chi connectivity index (χ1n) is 8.88. The number of urea groups is 1. The van der Waals surface area contributed by atoms with Crippen molar-refractivity contribution >= 4 is 23.5 Å². The molecule has 144 valence electrons. The predicted octanol–water partition coefficient (Wildman–Crippen LogP) is 3.01. The Morgan fingerprint density at radius 1 is 1.23 bits per heavy atom. The molecule has 7 heteroatoms. The zero-order valence-corrected chi connectivity index (χ0v) is 16.7. The maximum Gasteiger partial charge on any atom is 0.319 e. The highest BCUT2D eigenvalue weighted by atomic mass is 35.5. The van der Waals surface area contributed by atoms with Gasteiger partial charge >= 0.3 is 6.03 Å². The van der Waals surface area contributed by atoms with Crippen LogP contribution in [0, 0.1) is 5.92 Å². The van der Waals surface area contributed by atoms with Gasteiger partial charge in [0.2, 0.25) is 0 Å². The molecule has 1 aromatic carbocycles. The highest BCUT2D eigenvalue weighted by molar-refractivity contribution is 6.30. The fraction of sp³-hybridized carbons (Fsp3) is 0.579. The topological polar surface area (TPSA) is 61.9 Å². The van der Waals surface area contributed by atoms with Gasteiger partial charge in [0.15, 0.2) is 5.60 Å². The van der Waals surface area contributed by atoms with Crippen molar-refractivity contribution in [2.45, 2.75) is 32.3 Å². The van der Waals surface area contributed by atoms with E-state index in [2.05, 4.69) is 5.32 Å². The van der Waals surface area contributed by atoms with Crippen LogP contribution in [0.4, 0.5) is 4.79 Å². The summed E-state index contributed by atoms with van der Waals surface area (Å²) in [6.45, 7) is 5.53. The first-order valence-corrected chi connectivity index (χ1v) is 9.26. The van der Waals surface area contributed by atoms with E-state index in [1.807, 2.05) is 4.90 Å². The van der Waals surface area contributed by atoms with Crippen LogP contribution in [-0.2, 0) is 4.79 Å². The lowest BCUT2D eigenvalue weighted by molar-refractivity contribution is -0.134. The molecule has 3 amide bonds. The Kier molecular flexibility index (Phi) is 6.75. The van der Waals surface area contributed by atoms with Crippen molar-refractivity contribution in [3.8, 4) is 5.75 Å². The number of carbonyl (C=O) groups is 2. The average Bonchev–Trinajstić information content (AvgIpc) is 2.61. The molecule has 1 saturated heterocycles. The molecule has 1 heterocycles. The summed E-state index contributed by atoms with van der Waals surface area (Å²) >= 11 is 5.87. The van der Waals surface area contributed by atoms with Crippen LogP contribution in [0.15, 0.2) is 24.3 Å². The molecule has 0 spiro atoms. The number of ether oxygens (including phenoxy) is 1. The molecule has 1 aromatic rings. The summed E-state index contributed by atoms with van der Waals surface area (Å²) in [5.74, 6) is 0.820. The Morgan fingerprint density at radius 2 is 1.81 bits per heavy atom. The number of nitrogens with zero attached hydrogens (tertiary/aromatic N) is 2. The third-order valence-corrected chi connectivity index (χ3v) is 4.80. The summed E-state index contributed by atoms with van der Waals surface area (Å²) in [7, 11) is 3.52. The summed E-state index contributed by atoms with van der Waals surface area (Å²) in [6, 6.07) is 7.00. The smallest absolute Gasteiger partial charge is 0.319 e. The van der Waals surface area contributed by atoms with Gasteiger partial charge in [0.05, 0.1) is 0 Å². The third-order valence-electron chi connectivity index (χ3n) is 4.55. The predicted molar refractivity (Wildman–Crippen MR) is 103 cm³/mol. The van der Waals surface area contributed by atoms with Crippen molar-refractivity contribution in [1.82, 2.24) is 15.1 Å². The molecule has 6 nitrogen and oxygen atoms in total. The summed E-state index contributed by atoms with van der Waals surface area (Å²) in [4.78, 5) is 27.9. The van der Waals surface area contributed by atoms with Gasteiger partial charge in [-0.05, 0) is 56.9 Å². The zero-order valence-electron chi connectivity index (χ0n) is 15.9. The molecule has 0 unspecified atom stereocenters. The standard InChI is InChI=1S/C19H28ClN3O3/c1-19(2,26-16-7-5-15(20)6-8-16)17(24)21-13-14-9-11-23(12-10-14)18(25)22(3)4/h5-8,14H,9-13H2,1-4H3,(H,21,24). The SMILES string of the molecule is CN(C)C(=O)N1CCC(CNC(=O)C(C)(C)Oc2ccc(Cl)cc2)CC1. The van der Waals surface area contributed by atoms with Gasteiger partial charge in [-0.3, -0.25) is 4.79 Å². The summed E-state index contributed by atoms with van der Waals surface area (Å²) < 4.78 is 5.80. The Morgan fingerprint density at radius 3 is 2.35 bits per heavy atom. The fourth-order valence-electron chi connectivity index (χ4n) is 2.90. The van der Waals surface area contributed by atoms with E-state index in [0.29, 0.717) is 23.2 Å². The van der Waals surface area contributed by atoms with E-state index in [-0.39, 0.29) is 11.9 Å². The van der Waals surface area contributed by atoms with Gasteiger partial charge in [0, 0.05) is 38.8 Å². The van der Waals surface area contributed by atoms with E-state index in [4.69, 9.17) is 16.3 Å². The lowest BCUT2D eigenvalue weighted by atomic mass is 9.96. The van der Waals surface area contributed by atoms with E-state index >= 15 is 0 Å². The number of likely N-dealkylation sites (tertiary alicyclic amines) is 1. The van der Waals surface area contributed by atoms with Crippen LogP contribution in [-0.4, -0.2) is 61.1 Å². The maximum atomic E-state index is 12.5. The monoisotopic (exact) mass is 381 g/mol. The van der Waals surface area contributed by atoms with Crippen molar-refractivity contribution in [3.05, 3.63) is 29.3 Å². The largest absolute Gasteiger partial charge is 0.478 e. The number of piperidine rings is 1. The second kappa shape index (κ2) is 8.62. The van der Waals surface area contributed by atoms with Gasteiger partial charge in [-0.1, -0.05) is 11.6 Å². The quantitative estimate of drug-likeness (QED) is 0.852. The molecular formula is C19H28ClN3O3. The van der Waals surface area contributed by atoms with Crippen LogP contribution in [0.25, 0.3) is 0 Å². The number of nitrogens with one attached hydrogen (secondary N) is 1. The van der Waals surface area contributed by atoms with Gasteiger partial charge in [-0.25, -0.2) is 4.79 Å². The minimum absolute atomic E-state index is 0.0463. The molecule has 0 aliphatic carbocycles. The molecule has 0 saturated carbocycles. The van der Waals surface area contributed by atoms with E-state index in [9.17, 15) is 9.59 Å². The summed E-state index contributed by atoms with van der Waals surface area (Å²) in [5, 5.41) is 3.61. The maximum absolute atomic E-state index is 12.5. The molecule has 1 N–H and O–H groups in total. The van der Waals surface area contributed by atoms with Crippen LogP contribution in [0.5, 0.6) is 5.75 Å². The Labute approximate surface area is 160 Å².